The number of anilines is 1. The topological polar surface area (TPSA) is 33.2 Å². The Bertz CT molecular complexity index is 606. The molecule has 1 fully saturated rings. The highest BCUT2D eigenvalue weighted by atomic mass is 35.5. The highest BCUT2D eigenvalue weighted by Crippen LogP contribution is 2.30. The number of aldehydes is 1. The molecule has 0 aliphatic carbocycles. The number of pyridine rings is 1. The Kier molecular flexibility index (Phi) is 3.38. The number of carbonyl (C=O) groups is 1. The molecule has 1 aromatic heterocycles. The number of piperidine rings is 1. The third-order valence-electron chi connectivity index (χ3n) is 3.75. The number of hydrogen-bond donors (Lipinski definition) is 0. The largest absolute Gasteiger partial charge is 0.371 e. The fraction of sp³-hybridized carbons (Fsp3) is 0.333. The average molecular weight is 275 g/mol. The second-order valence-corrected chi connectivity index (χ2v) is 5.39. The van der Waals surface area contributed by atoms with Crippen LogP contribution in [0, 0.1) is 5.92 Å². The molecule has 0 saturated carbocycles. The second kappa shape index (κ2) is 5.17. The normalized spacial score (nSPS) is 16.8. The molecule has 0 spiro atoms. The van der Waals surface area contributed by atoms with E-state index >= 15 is 0 Å². The molecule has 3 rings (SSSR count). The van der Waals surface area contributed by atoms with Crippen LogP contribution in [0.25, 0.3) is 10.9 Å². The van der Waals surface area contributed by atoms with E-state index in [0.717, 1.165) is 43.1 Å². The monoisotopic (exact) mass is 274 g/mol. The standard InChI is InChI=1S/C15H15ClN2O/c16-12-1-2-13-14(9-12)17-6-3-15(13)18-7-4-11(10-19)5-8-18/h1-3,6,9-11H,4-5,7-8H2. The first-order valence-corrected chi connectivity index (χ1v) is 6.90. The van der Waals surface area contributed by atoms with Crippen LogP contribution in [0.2, 0.25) is 5.02 Å². The summed E-state index contributed by atoms with van der Waals surface area (Å²) in [6, 6.07) is 7.84. The predicted molar refractivity (Wildman–Crippen MR) is 77.8 cm³/mol. The minimum absolute atomic E-state index is 0.221. The lowest BCUT2D eigenvalue weighted by Gasteiger charge is -2.32. The number of nitrogens with zero attached hydrogens (tertiary/aromatic N) is 2. The van der Waals surface area contributed by atoms with Crippen molar-refractivity contribution in [2.45, 2.75) is 12.8 Å². The molecule has 98 valence electrons. The van der Waals surface area contributed by atoms with E-state index in [1.54, 1.807) is 0 Å². The van der Waals surface area contributed by atoms with Gasteiger partial charge in [-0.15, -0.1) is 0 Å². The van der Waals surface area contributed by atoms with Gasteiger partial charge in [0.05, 0.1) is 5.52 Å². The zero-order valence-corrected chi connectivity index (χ0v) is 11.3. The van der Waals surface area contributed by atoms with Crippen LogP contribution in [0.4, 0.5) is 5.69 Å². The van der Waals surface area contributed by atoms with E-state index in [4.69, 9.17) is 11.6 Å². The number of carbonyl (C=O) groups excluding carboxylic acids is 1. The van der Waals surface area contributed by atoms with Crippen molar-refractivity contribution in [2.75, 3.05) is 18.0 Å². The van der Waals surface area contributed by atoms with Crippen LogP contribution >= 0.6 is 11.6 Å². The van der Waals surface area contributed by atoms with Crippen molar-refractivity contribution in [2.24, 2.45) is 5.92 Å². The first-order chi connectivity index (χ1) is 9.28. The number of benzene rings is 1. The first-order valence-electron chi connectivity index (χ1n) is 6.52. The summed E-state index contributed by atoms with van der Waals surface area (Å²) in [7, 11) is 0. The van der Waals surface area contributed by atoms with Crippen molar-refractivity contribution >= 4 is 34.5 Å². The molecule has 1 aliphatic rings. The third-order valence-corrected chi connectivity index (χ3v) is 3.99. The lowest BCUT2D eigenvalue weighted by atomic mass is 9.98. The Morgan fingerprint density at radius 3 is 2.79 bits per heavy atom. The van der Waals surface area contributed by atoms with Gasteiger partial charge < -0.3 is 9.69 Å². The molecule has 0 N–H and O–H groups in total. The number of aromatic nitrogens is 1. The Morgan fingerprint density at radius 1 is 1.26 bits per heavy atom. The molecule has 2 heterocycles. The highest BCUT2D eigenvalue weighted by molar-refractivity contribution is 6.31. The Hall–Kier alpha value is -1.61. The summed E-state index contributed by atoms with van der Waals surface area (Å²) in [5.41, 5.74) is 2.11. The number of fused-ring (bicyclic) bond motifs is 1. The van der Waals surface area contributed by atoms with Crippen LogP contribution in [-0.4, -0.2) is 24.4 Å². The van der Waals surface area contributed by atoms with Crippen molar-refractivity contribution in [3.63, 3.8) is 0 Å². The van der Waals surface area contributed by atoms with E-state index in [1.807, 2.05) is 30.5 Å². The zero-order valence-electron chi connectivity index (χ0n) is 10.6. The van der Waals surface area contributed by atoms with Crippen molar-refractivity contribution in [3.8, 4) is 0 Å². The van der Waals surface area contributed by atoms with Gasteiger partial charge in [0.15, 0.2) is 0 Å². The summed E-state index contributed by atoms with van der Waals surface area (Å²) in [5.74, 6) is 0.221. The summed E-state index contributed by atoms with van der Waals surface area (Å²) in [6.07, 6.45) is 4.77. The molecule has 4 heteroatoms. The number of hydrogen-bond acceptors (Lipinski definition) is 3. The van der Waals surface area contributed by atoms with Crippen molar-refractivity contribution in [1.82, 2.24) is 4.98 Å². The molecule has 0 unspecified atom stereocenters. The molecule has 19 heavy (non-hydrogen) atoms. The minimum Gasteiger partial charge on any atom is -0.371 e. The summed E-state index contributed by atoms with van der Waals surface area (Å²) < 4.78 is 0. The number of halogens is 1. The van der Waals surface area contributed by atoms with E-state index in [2.05, 4.69) is 9.88 Å². The maximum absolute atomic E-state index is 10.8. The molecule has 1 aromatic carbocycles. The van der Waals surface area contributed by atoms with Gasteiger partial charge in [-0.1, -0.05) is 11.6 Å². The van der Waals surface area contributed by atoms with Crippen molar-refractivity contribution < 1.29 is 4.79 Å². The van der Waals surface area contributed by atoms with Gasteiger partial charge in [0.2, 0.25) is 0 Å². The van der Waals surface area contributed by atoms with Gasteiger partial charge >= 0.3 is 0 Å². The smallest absolute Gasteiger partial charge is 0.123 e. The molecule has 0 amide bonds. The lowest BCUT2D eigenvalue weighted by Crippen LogP contribution is -2.34. The minimum atomic E-state index is 0.221. The van der Waals surface area contributed by atoms with Crippen LogP contribution in [0.3, 0.4) is 0 Å². The van der Waals surface area contributed by atoms with Crippen LogP contribution in [0.1, 0.15) is 12.8 Å². The average Bonchev–Trinajstić information content (AvgIpc) is 2.46. The summed E-state index contributed by atoms with van der Waals surface area (Å²) in [4.78, 5) is 17.5. The molecule has 3 nitrogen and oxygen atoms in total. The van der Waals surface area contributed by atoms with Gasteiger partial charge in [-0.2, -0.15) is 0 Å². The van der Waals surface area contributed by atoms with Crippen LogP contribution in [-0.2, 0) is 4.79 Å². The van der Waals surface area contributed by atoms with E-state index in [1.165, 1.54) is 5.69 Å². The van der Waals surface area contributed by atoms with Crippen LogP contribution in [0.5, 0.6) is 0 Å². The van der Waals surface area contributed by atoms with E-state index in [0.29, 0.717) is 5.02 Å². The lowest BCUT2D eigenvalue weighted by molar-refractivity contribution is -0.111. The molecular formula is C15H15ClN2O. The van der Waals surface area contributed by atoms with Crippen molar-refractivity contribution in [3.05, 3.63) is 35.5 Å². The summed E-state index contributed by atoms with van der Waals surface area (Å²) >= 11 is 6.00. The Balaban J connectivity index is 1.95. The molecule has 1 saturated heterocycles. The highest BCUT2D eigenvalue weighted by Gasteiger charge is 2.20. The van der Waals surface area contributed by atoms with E-state index < -0.39 is 0 Å². The predicted octanol–water partition coefficient (Wildman–Crippen LogP) is 3.30. The second-order valence-electron chi connectivity index (χ2n) is 4.95. The third kappa shape index (κ3) is 2.43. The van der Waals surface area contributed by atoms with Gasteiger partial charge in [0.1, 0.15) is 6.29 Å². The van der Waals surface area contributed by atoms with Gasteiger partial charge in [-0.25, -0.2) is 0 Å². The van der Waals surface area contributed by atoms with Gasteiger partial charge in [0.25, 0.3) is 0 Å². The summed E-state index contributed by atoms with van der Waals surface area (Å²) in [6.45, 7) is 1.84. The maximum atomic E-state index is 10.8. The maximum Gasteiger partial charge on any atom is 0.123 e. The molecule has 2 aromatic rings. The molecule has 0 radical (unpaired) electrons. The van der Waals surface area contributed by atoms with Gasteiger partial charge in [0, 0.05) is 41.3 Å². The van der Waals surface area contributed by atoms with Gasteiger partial charge in [-0.3, -0.25) is 4.98 Å². The number of rotatable bonds is 2. The first kappa shape index (κ1) is 12.4. The van der Waals surface area contributed by atoms with E-state index in [-0.39, 0.29) is 5.92 Å². The fourth-order valence-corrected chi connectivity index (χ4v) is 2.82. The van der Waals surface area contributed by atoms with Crippen molar-refractivity contribution in [1.29, 1.82) is 0 Å². The van der Waals surface area contributed by atoms with Crippen LogP contribution < -0.4 is 4.90 Å². The molecule has 1 aliphatic heterocycles. The molecule has 0 bridgehead atoms. The molecule has 0 atom stereocenters. The summed E-state index contributed by atoms with van der Waals surface area (Å²) in [5, 5.41) is 1.83. The Morgan fingerprint density at radius 2 is 2.05 bits per heavy atom. The fourth-order valence-electron chi connectivity index (χ4n) is 2.66. The zero-order chi connectivity index (χ0) is 13.2. The molecular weight excluding hydrogens is 260 g/mol. The quantitative estimate of drug-likeness (QED) is 0.788. The Labute approximate surface area is 117 Å². The van der Waals surface area contributed by atoms with Gasteiger partial charge in [-0.05, 0) is 37.1 Å². The van der Waals surface area contributed by atoms with Crippen LogP contribution in [0.15, 0.2) is 30.5 Å². The SMILES string of the molecule is O=CC1CCN(c2ccnc3cc(Cl)ccc23)CC1. The van der Waals surface area contributed by atoms with E-state index in [9.17, 15) is 4.79 Å².